The van der Waals surface area contributed by atoms with Crippen LogP contribution >= 0.6 is 0 Å². The van der Waals surface area contributed by atoms with Crippen molar-refractivity contribution in [3.8, 4) is 17.6 Å². The molecule has 38 heavy (non-hydrogen) atoms. The molecule has 0 aliphatic carbocycles. The summed E-state index contributed by atoms with van der Waals surface area (Å²) in [5.41, 5.74) is 0.563. The fraction of sp³-hybridized carbons (Fsp3) is 0.379. The summed E-state index contributed by atoms with van der Waals surface area (Å²) in [6, 6.07) is 8.49. The zero-order valence-electron chi connectivity index (χ0n) is 20.9. The number of benzene rings is 2. The first-order valence-electron chi connectivity index (χ1n) is 12.4. The summed E-state index contributed by atoms with van der Waals surface area (Å²) in [7, 11) is 1.54. The number of rotatable bonds is 8. The molecule has 1 aromatic heterocycles. The van der Waals surface area contributed by atoms with E-state index < -0.39 is 35.2 Å². The Kier molecular flexibility index (Phi) is 8.85. The fourth-order valence-electron chi connectivity index (χ4n) is 5.08. The standard InChI is InChI=1S/C29H28F4N2O3/c1-38-20-5-9-27-23(16-20)21(10-12-34-27)24(30)6-4-18-11-14-35(17-19(18)15-28(36)37)13-2-3-22-25(31)7-8-26(32)29(22)33/h5,7-10,12,16,18-19,24H,4,6,11,13-15,17H2,1H3,(H,36,37)/t18-,19+,24+/m1/s1. The highest BCUT2D eigenvalue weighted by molar-refractivity contribution is 5.83. The Labute approximate surface area is 218 Å². The molecule has 0 spiro atoms. The van der Waals surface area contributed by atoms with Crippen LogP contribution in [-0.2, 0) is 4.79 Å². The van der Waals surface area contributed by atoms with Gasteiger partial charge in [0.2, 0.25) is 0 Å². The van der Waals surface area contributed by atoms with E-state index in [0.29, 0.717) is 54.2 Å². The van der Waals surface area contributed by atoms with Crippen molar-refractivity contribution in [2.24, 2.45) is 11.8 Å². The second kappa shape index (κ2) is 12.3. The Morgan fingerprint density at radius 3 is 2.74 bits per heavy atom. The number of hydrogen-bond acceptors (Lipinski definition) is 4. The molecule has 2 aromatic carbocycles. The largest absolute Gasteiger partial charge is 0.497 e. The van der Waals surface area contributed by atoms with Gasteiger partial charge >= 0.3 is 5.97 Å². The average Bonchev–Trinajstić information content (AvgIpc) is 2.91. The number of hydrogen-bond donors (Lipinski definition) is 1. The highest BCUT2D eigenvalue weighted by Crippen LogP contribution is 2.36. The van der Waals surface area contributed by atoms with Crippen LogP contribution in [0.3, 0.4) is 0 Å². The van der Waals surface area contributed by atoms with Gasteiger partial charge in [-0.25, -0.2) is 17.6 Å². The summed E-state index contributed by atoms with van der Waals surface area (Å²) in [4.78, 5) is 17.7. The van der Waals surface area contributed by atoms with Crippen molar-refractivity contribution in [2.45, 2.75) is 31.9 Å². The van der Waals surface area contributed by atoms with Gasteiger partial charge in [0.25, 0.3) is 0 Å². The van der Waals surface area contributed by atoms with Crippen molar-refractivity contribution >= 4 is 16.9 Å². The molecule has 3 aromatic rings. The third-order valence-electron chi connectivity index (χ3n) is 7.08. The average molecular weight is 529 g/mol. The molecule has 1 aliphatic rings. The molecular formula is C29H28F4N2O3. The van der Waals surface area contributed by atoms with Gasteiger partial charge in [0.05, 0.1) is 24.7 Å². The van der Waals surface area contributed by atoms with Crippen LogP contribution in [0, 0.1) is 41.1 Å². The van der Waals surface area contributed by atoms with Crippen molar-refractivity contribution in [3.63, 3.8) is 0 Å². The summed E-state index contributed by atoms with van der Waals surface area (Å²) in [6.07, 6.45) is 1.62. The molecule has 0 bridgehead atoms. The molecular weight excluding hydrogens is 500 g/mol. The number of aromatic nitrogens is 1. The number of ether oxygens (including phenoxy) is 1. The van der Waals surface area contributed by atoms with Crippen LogP contribution in [-0.4, -0.2) is 47.7 Å². The van der Waals surface area contributed by atoms with Gasteiger partial charge in [-0.15, -0.1) is 0 Å². The predicted octanol–water partition coefficient (Wildman–Crippen LogP) is 5.92. The van der Waals surface area contributed by atoms with Crippen molar-refractivity contribution in [1.29, 1.82) is 0 Å². The molecule has 2 heterocycles. The molecule has 5 nitrogen and oxygen atoms in total. The van der Waals surface area contributed by atoms with Crippen molar-refractivity contribution in [3.05, 3.63) is 71.2 Å². The normalized spacial score (nSPS) is 18.6. The van der Waals surface area contributed by atoms with Gasteiger partial charge < -0.3 is 9.84 Å². The van der Waals surface area contributed by atoms with Crippen LogP contribution in [0.15, 0.2) is 42.6 Å². The molecule has 1 fully saturated rings. The summed E-state index contributed by atoms with van der Waals surface area (Å²) < 4.78 is 61.8. The van der Waals surface area contributed by atoms with Gasteiger partial charge in [-0.05, 0) is 79.6 Å². The molecule has 0 unspecified atom stereocenters. The van der Waals surface area contributed by atoms with E-state index in [1.807, 2.05) is 4.90 Å². The zero-order valence-corrected chi connectivity index (χ0v) is 20.9. The number of likely N-dealkylation sites (tertiary alicyclic amines) is 1. The molecule has 1 saturated heterocycles. The Hall–Kier alpha value is -3.64. The van der Waals surface area contributed by atoms with Gasteiger partial charge in [0, 0.05) is 24.5 Å². The molecule has 0 radical (unpaired) electrons. The summed E-state index contributed by atoms with van der Waals surface area (Å²) in [6.45, 7) is 1.14. The van der Waals surface area contributed by atoms with Crippen LogP contribution in [0.25, 0.3) is 10.9 Å². The first-order valence-corrected chi connectivity index (χ1v) is 12.4. The first-order chi connectivity index (χ1) is 18.3. The van der Waals surface area contributed by atoms with Crippen LogP contribution in [0.2, 0.25) is 0 Å². The number of nitrogens with zero attached hydrogens (tertiary/aromatic N) is 2. The number of halogens is 4. The SMILES string of the molecule is COc1ccc2nccc([C@@H](F)CC[C@@H]3CCN(CC#Cc4c(F)ccc(F)c4F)C[C@@H]3CC(=O)O)c2c1. The number of aliphatic carboxylic acids is 1. The number of pyridine rings is 1. The topological polar surface area (TPSA) is 62.7 Å². The van der Waals surface area contributed by atoms with Crippen molar-refractivity contribution < 1.29 is 32.2 Å². The minimum Gasteiger partial charge on any atom is -0.497 e. The lowest BCUT2D eigenvalue weighted by molar-refractivity contribution is -0.139. The predicted molar refractivity (Wildman–Crippen MR) is 135 cm³/mol. The minimum atomic E-state index is -1.33. The minimum absolute atomic E-state index is 0.00527. The highest BCUT2D eigenvalue weighted by atomic mass is 19.2. The quantitative estimate of drug-likeness (QED) is 0.224. The lowest BCUT2D eigenvalue weighted by Gasteiger charge is -2.37. The van der Waals surface area contributed by atoms with E-state index in [0.717, 1.165) is 6.07 Å². The maximum absolute atomic E-state index is 15.4. The monoisotopic (exact) mass is 528 g/mol. The number of alkyl halides is 1. The highest BCUT2D eigenvalue weighted by Gasteiger charge is 2.31. The van der Waals surface area contributed by atoms with E-state index in [2.05, 4.69) is 16.8 Å². The smallest absolute Gasteiger partial charge is 0.303 e. The maximum atomic E-state index is 15.4. The Morgan fingerprint density at radius 2 is 1.97 bits per heavy atom. The van der Waals surface area contributed by atoms with Gasteiger partial charge in [-0.2, -0.15) is 0 Å². The fourth-order valence-corrected chi connectivity index (χ4v) is 5.08. The van der Waals surface area contributed by atoms with E-state index in [-0.39, 0.29) is 31.2 Å². The number of carboxylic acid groups (broad SMARTS) is 1. The van der Waals surface area contributed by atoms with Crippen molar-refractivity contribution in [2.75, 3.05) is 26.7 Å². The number of piperidine rings is 1. The number of carboxylic acids is 1. The first kappa shape index (κ1) is 27.4. The third-order valence-corrected chi connectivity index (χ3v) is 7.08. The molecule has 0 saturated carbocycles. The Morgan fingerprint density at radius 1 is 1.18 bits per heavy atom. The number of methoxy groups -OCH3 is 1. The van der Waals surface area contributed by atoms with Crippen LogP contribution in [0.4, 0.5) is 17.6 Å². The van der Waals surface area contributed by atoms with Crippen LogP contribution in [0.1, 0.15) is 43.0 Å². The van der Waals surface area contributed by atoms with Gasteiger partial charge in [-0.3, -0.25) is 14.7 Å². The van der Waals surface area contributed by atoms with E-state index in [1.165, 1.54) is 0 Å². The van der Waals surface area contributed by atoms with E-state index in [4.69, 9.17) is 4.74 Å². The molecule has 1 aliphatic heterocycles. The van der Waals surface area contributed by atoms with Gasteiger partial charge in [0.15, 0.2) is 11.6 Å². The summed E-state index contributed by atoms with van der Waals surface area (Å²) >= 11 is 0. The molecule has 0 amide bonds. The van der Waals surface area contributed by atoms with E-state index in [1.54, 1.807) is 37.6 Å². The molecule has 1 N–H and O–H groups in total. The Balaban J connectivity index is 1.41. The molecule has 4 rings (SSSR count). The molecule has 200 valence electrons. The van der Waals surface area contributed by atoms with Gasteiger partial charge in [-0.1, -0.05) is 11.8 Å². The summed E-state index contributed by atoms with van der Waals surface area (Å²) in [5, 5.41) is 10.1. The van der Waals surface area contributed by atoms with Crippen LogP contribution in [0.5, 0.6) is 5.75 Å². The maximum Gasteiger partial charge on any atom is 0.303 e. The molecule has 3 atom stereocenters. The second-order valence-corrected chi connectivity index (χ2v) is 9.49. The Bertz CT molecular complexity index is 1370. The zero-order chi connectivity index (χ0) is 27.2. The lowest BCUT2D eigenvalue weighted by Crippen LogP contribution is -2.41. The number of carbonyl (C=O) groups is 1. The van der Waals surface area contributed by atoms with E-state index >= 15 is 4.39 Å². The second-order valence-electron chi connectivity index (χ2n) is 9.49. The third kappa shape index (κ3) is 6.43. The molecule has 9 heteroatoms. The number of fused-ring (bicyclic) bond motifs is 1. The van der Waals surface area contributed by atoms with Crippen LogP contribution < -0.4 is 4.74 Å². The van der Waals surface area contributed by atoms with E-state index in [9.17, 15) is 23.1 Å². The van der Waals surface area contributed by atoms with Crippen molar-refractivity contribution in [1.82, 2.24) is 9.88 Å². The lowest BCUT2D eigenvalue weighted by atomic mass is 9.79. The summed E-state index contributed by atoms with van der Waals surface area (Å²) in [5.74, 6) is 1.01. The van der Waals surface area contributed by atoms with Gasteiger partial charge in [0.1, 0.15) is 17.7 Å².